The second kappa shape index (κ2) is 7.90. The summed E-state index contributed by atoms with van der Waals surface area (Å²) >= 11 is 0. The molecule has 8 nitrogen and oxygen atoms in total. The van der Waals surface area contributed by atoms with Gasteiger partial charge in [0.1, 0.15) is 0 Å². The molecule has 0 aliphatic rings. The van der Waals surface area contributed by atoms with Gasteiger partial charge in [-0.3, -0.25) is 0 Å². The smallest absolute Gasteiger partial charge is 0.336 e. The number of allylic oxidation sites excluding steroid dienone is 1. The Morgan fingerprint density at radius 3 is 1.59 bits per heavy atom. The molecule has 2 N–H and O–H groups in total. The van der Waals surface area contributed by atoms with Crippen LogP contribution in [0.15, 0.2) is 27.0 Å². The van der Waals surface area contributed by atoms with Crippen molar-refractivity contribution in [2.75, 3.05) is 0 Å². The van der Waals surface area contributed by atoms with Gasteiger partial charge in [0, 0.05) is 0 Å². The monoisotopic (exact) mass is 313 g/mol. The predicted octanol–water partition coefficient (Wildman–Crippen LogP) is -1.10. The summed E-state index contributed by atoms with van der Waals surface area (Å²) in [6.45, 7) is 6.46. The van der Waals surface area contributed by atoms with Crippen molar-refractivity contribution in [3.05, 3.63) is 44.1 Å². The lowest BCUT2D eigenvalue weighted by Gasteiger charge is -2.16. The normalized spacial score (nSPS) is 13.8. The van der Waals surface area contributed by atoms with E-state index in [4.69, 9.17) is 0 Å². The highest BCUT2D eigenvalue weighted by Gasteiger charge is 2.18. The van der Waals surface area contributed by atoms with E-state index < -0.39 is 29.3 Å². The third-order valence-corrected chi connectivity index (χ3v) is 3.43. The summed E-state index contributed by atoms with van der Waals surface area (Å²) in [6, 6.07) is 0. The molecule has 0 aliphatic heterocycles. The molecule has 2 atom stereocenters. The van der Waals surface area contributed by atoms with Crippen molar-refractivity contribution >= 4 is 0 Å². The van der Waals surface area contributed by atoms with E-state index in [1.54, 1.807) is 13.8 Å². The SMILES string of the molecule is C=CCn1c(=O)n(CC(O)CC)c(=O)n(CC(O)CC)c1=O. The molecule has 1 aromatic rings. The molecule has 0 aromatic carbocycles. The number of aliphatic hydroxyl groups is 2. The zero-order valence-electron chi connectivity index (χ0n) is 12.9. The van der Waals surface area contributed by atoms with Gasteiger partial charge in [0.05, 0.1) is 31.8 Å². The zero-order chi connectivity index (χ0) is 16.9. The van der Waals surface area contributed by atoms with Crippen LogP contribution in [0, 0.1) is 0 Å². The second-order valence-electron chi connectivity index (χ2n) is 5.09. The molecule has 0 amide bonds. The minimum Gasteiger partial charge on any atom is -0.391 e. The number of nitrogens with zero attached hydrogens (tertiary/aromatic N) is 3. The first-order valence-corrected chi connectivity index (χ1v) is 7.28. The summed E-state index contributed by atoms with van der Waals surface area (Å²) in [4.78, 5) is 36.8. The van der Waals surface area contributed by atoms with Gasteiger partial charge in [-0.15, -0.1) is 6.58 Å². The summed E-state index contributed by atoms with van der Waals surface area (Å²) in [5.41, 5.74) is -2.40. The van der Waals surface area contributed by atoms with Crippen molar-refractivity contribution in [3.8, 4) is 0 Å². The average Bonchev–Trinajstić information content (AvgIpc) is 2.51. The van der Waals surface area contributed by atoms with Crippen molar-refractivity contribution in [3.63, 3.8) is 0 Å². The summed E-state index contributed by atoms with van der Waals surface area (Å²) in [6.07, 6.45) is 0.358. The molecule has 0 aliphatic carbocycles. The van der Waals surface area contributed by atoms with Gasteiger partial charge in [-0.05, 0) is 12.8 Å². The van der Waals surface area contributed by atoms with Gasteiger partial charge in [-0.25, -0.2) is 28.1 Å². The van der Waals surface area contributed by atoms with Crippen LogP contribution in [0.1, 0.15) is 26.7 Å². The molecule has 0 spiro atoms. The van der Waals surface area contributed by atoms with Crippen molar-refractivity contribution in [2.24, 2.45) is 0 Å². The van der Waals surface area contributed by atoms with Gasteiger partial charge in [0.25, 0.3) is 0 Å². The molecule has 22 heavy (non-hydrogen) atoms. The quantitative estimate of drug-likeness (QED) is 0.593. The first-order chi connectivity index (χ1) is 10.4. The van der Waals surface area contributed by atoms with Gasteiger partial charge in [-0.1, -0.05) is 19.9 Å². The molecule has 1 aromatic heterocycles. The Labute approximate surface area is 127 Å². The van der Waals surface area contributed by atoms with Gasteiger partial charge in [0.2, 0.25) is 0 Å². The van der Waals surface area contributed by atoms with E-state index >= 15 is 0 Å². The van der Waals surface area contributed by atoms with E-state index in [1.807, 2.05) is 0 Å². The molecule has 0 fully saturated rings. The van der Waals surface area contributed by atoms with Crippen LogP contribution in [-0.2, 0) is 19.6 Å². The minimum atomic E-state index is -0.871. The van der Waals surface area contributed by atoms with Crippen LogP contribution < -0.4 is 17.1 Å². The first kappa shape index (κ1) is 18.1. The molecule has 0 radical (unpaired) electrons. The first-order valence-electron chi connectivity index (χ1n) is 7.28. The predicted molar refractivity (Wildman–Crippen MR) is 82.0 cm³/mol. The van der Waals surface area contributed by atoms with Gasteiger partial charge < -0.3 is 10.2 Å². The van der Waals surface area contributed by atoms with Crippen LogP contribution in [0.3, 0.4) is 0 Å². The molecule has 0 saturated heterocycles. The fraction of sp³-hybridized carbons (Fsp3) is 0.643. The van der Waals surface area contributed by atoms with Crippen LogP contribution in [0.5, 0.6) is 0 Å². The molecule has 8 heteroatoms. The molecular formula is C14H23N3O5. The molecular weight excluding hydrogens is 290 g/mol. The lowest BCUT2D eigenvalue weighted by Crippen LogP contribution is -2.56. The highest BCUT2D eigenvalue weighted by atomic mass is 16.3. The standard InChI is InChI=1S/C14H23N3O5/c1-4-7-15-12(20)16(8-10(18)5-2)14(22)17(13(15)21)9-11(19)6-3/h4,10-11,18-19H,1,5-9H2,2-3H3. The number of hydrogen-bond acceptors (Lipinski definition) is 5. The Morgan fingerprint density at radius 1 is 0.909 bits per heavy atom. The second-order valence-corrected chi connectivity index (χ2v) is 5.09. The highest BCUT2D eigenvalue weighted by molar-refractivity contribution is 4.83. The van der Waals surface area contributed by atoms with E-state index in [1.165, 1.54) is 6.08 Å². The Morgan fingerprint density at radius 2 is 1.27 bits per heavy atom. The van der Waals surface area contributed by atoms with Gasteiger partial charge in [-0.2, -0.15) is 0 Å². The van der Waals surface area contributed by atoms with E-state index in [9.17, 15) is 24.6 Å². The Hall–Kier alpha value is -1.93. The van der Waals surface area contributed by atoms with Crippen molar-refractivity contribution in [1.29, 1.82) is 0 Å². The third-order valence-electron chi connectivity index (χ3n) is 3.43. The van der Waals surface area contributed by atoms with Crippen LogP contribution in [0.25, 0.3) is 0 Å². The van der Waals surface area contributed by atoms with Crippen molar-refractivity contribution < 1.29 is 10.2 Å². The third kappa shape index (κ3) is 3.83. The molecule has 1 rings (SSSR count). The Bertz CT molecular complexity index is 635. The fourth-order valence-electron chi connectivity index (χ4n) is 1.96. The molecule has 0 saturated carbocycles. The molecule has 124 valence electrons. The summed E-state index contributed by atoms with van der Waals surface area (Å²) in [5.74, 6) is 0. The van der Waals surface area contributed by atoms with Crippen molar-refractivity contribution in [2.45, 2.75) is 58.5 Å². The summed E-state index contributed by atoms with van der Waals surface area (Å²) < 4.78 is 2.50. The highest BCUT2D eigenvalue weighted by Crippen LogP contribution is 1.93. The Balaban J connectivity index is 3.56. The lowest BCUT2D eigenvalue weighted by molar-refractivity contribution is 0.134. The molecule has 0 bridgehead atoms. The number of aliphatic hydroxyl groups excluding tert-OH is 2. The largest absolute Gasteiger partial charge is 0.391 e. The maximum Gasteiger partial charge on any atom is 0.336 e. The maximum atomic E-state index is 12.3. The van der Waals surface area contributed by atoms with E-state index in [0.717, 1.165) is 13.7 Å². The maximum absolute atomic E-state index is 12.3. The fourth-order valence-corrected chi connectivity index (χ4v) is 1.96. The molecule has 2 unspecified atom stereocenters. The number of hydrogen-bond donors (Lipinski definition) is 2. The topological polar surface area (TPSA) is 106 Å². The zero-order valence-corrected chi connectivity index (χ0v) is 12.9. The van der Waals surface area contributed by atoms with E-state index in [0.29, 0.717) is 12.8 Å². The van der Waals surface area contributed by atoms with Crippen LogP contribution >= 0.6 is 0 Å². The van der Waals surface area contributed by atoms with Crippen LogP contribution in [0.4, 0.5) is 0 Å². The summed E-state index contributed by atoms with van der Waals surface area (Å²) in [5, 5.41) is 19.4. The van der Waals surface area contributed by atoms with Gasteiger partial charge in [0.15, 0.2) is 0 Å². The van der Waals surface area contributed by atoms with Crippen LogP contribution in [-0.4, -0.2) is 36.1 Å². The van der Waals surface area contributed by atoms with Crippen molar-refractivity contribution in [1.82, 2.24) is 13.7 Å². The molecule has 1 heterocycles. The van der Waals surface area contributed by atoms with Crippen LogP contribution in [0.2, 0.25) is 0 Å². The van der Waals surface area contributed by atoms with E-state index in [-0.39, 0.29) is 19.6 Å². The number of aromatic nitrogens is 3. The van der Waals surface area contributed by atoms with E-state index in [2.05, 4.69) is 6.58 Å². The van der Waals surface area contributed by atoms with Gasteiger partial charge >= 0.3 is 17.1 Å². The lowest BCUT2D eigenvalue weighted by atomic mass is 10.3. The number of rotatable bonds is 8. The minimum absolute atomic E-state index is 0.0532. The average molecular weight is 313 g/mol. The Kier molecular flexibility index (Phi) is 6.51. The summed E-state index contributed by atoms with van der Waals surface area (Å²) in [7, 11) is 0.